The van der Waals surface area contributed by atoms with Gasteiger partial charge < -0.3 is 0 Å². The molecule has 2 nitrogen and oxygen atoms in total. The molecule has 0 fully saturated rings. The first-order valence-electron chi connectivity index (χ1n) is 21.4. The predicted octanol–water partition coefficient (Wildman–Crippen LogP) is 16.4. The molecule has 0 saturated heterocycles. The SMILES string of the molecule is c1ccc(-c2cccc(-c3c4cc5c6ccccc6c6cccc(c4c(-c4cccc(-c7ccccc7)n4)c4c7cccc8c9c(ccc%10ccccc%109)cc(c34)c78)c65)n2)cc1. The lowest BCUT2D eigenvalue weighted by atomic mass is 9.85. The highest BCUT2D eigenvalue weighted by atomic mass is 14.7. The van der Waals surface area contributed by atoms with Gasteiger partial charge in [0.15, 0.2) is 0 Å². The summed E-state index contributed by atoms with van der Waals surface area (Å²) in [7, 11) is 0. The average molecular weight is 783 g/mol. The topological polar surface area (TPSA) is 25.8 Å². The summed E-state index contributed by atoms with van der Waals surface area (Å²) in [6, 6.07) is 75.3. The third kappa shape index (κ3) is 4.58. The van der Waals surface area contributed by atoms with Gasteiger partial charge in [0.05, 0.1) is 22.8 Å². The van der Waals surface area contributed by atoms with Crippen LogP contribution < -0.4 is 0 Å². The number of fused-ring (bicyclic) bond motifs is 12. The zero-order valence-corrected chi connectivity index (χ0v) is 33.5. The molecule has 2 heteroatoms. The first-order valence-corrected chi connectivity index (χ1v) is 21.4. The molecule has 0 aliphatic heterocycles. The molecule has 12 aromatic carbocycles. The van der Waals surface area contributed by atoms with Crippen molar-refractivity contribution in [2.24, 2.45) is 0 Å². The zero-order valence-electron chi connectivity index (χ0n) is 33.5. The van der Waals surface area contributed by atoms with E-state index in [9.17, 15) is 0 Å². The molecule has 14 aromatic rings. The van der Waals surface area contributed by atoms with Crippen molar-refractivity contribution in [1.82, 2.24) is 9.97 Å². The van der Waals surface area contributed by atoms with E-state index in [2.05, 4.69) is 206 Å². The number of nitrogens with zero attached hydrogens (tertiary/aromatic N) is 2. The van der Waals surface area contributed by atoms with Crippen molar-refractivity contribution < 1.29 is 0 Å². The molecule has 2 heterocycles. The van der Waals surface area contributed by atoms with Crippen molar-refractivity contribution in [2.45, 2.75) is 0 Å². The van der Waals surface area contributed by atoms with Crippen molar-refractivity contribution in [3.05, 3.63) is 206 Å². The summed E-state index contributed by atoms with van der Waals surface area (Å²) in [5.41, 5.74) is 8.33. The van der Waals surface area contributed by atoms with Gasteiger partial charge >= 0.3 is 0 Å². The minimum Gasteiger partial charge on any atom is -0.248 e. The van der Waals surface area contributed by atoms with E-state index in [1.807, 2.05) is 0 Å². The maximum atomic E-state index is 5.61. The van der Waals surface area contributed by atoms with Crippen LogP contribution in [0, 0.1) is 0 Å². The lowest BCUT2D eigenvalue weighted by Gasteiger charge is -2.19. The minimum atomic E-state index is 0.954. The van der Waals surface area contributed by atoms with Crippen LogP contribution in [-0.4, -0.2) is 9.97 Å². The lowest BCUT2D eigenvalue weighted by molar-refractivity contribution is 1.33. The summed E-state index contributed by atoms with van der Waals surface area (Å²) in [6.45, 7) is 0. The fourth-order valence-electron chi connectivity index (χ4n) is 11.0. The smallest absolute Gasteiger partial charge is 0.0722 e. The van der Waals surface area contributed by atoms with Crippen molar-refractivity contribution >= 4 is 97.0 Å². The van der Waals surface area contributed by atoms with Gasteiger partial charge in [-0.25, -0.2) is 9.97 Å². The second-order valence-electron chi connectivity index (χ2n) is 16.7. The van der Waals surface area contributed by atoms with Gasteiger partial charge in [0.25, 0.3) is 0 Å². The summed E-state index contributed by atoms with van der Waals surface area (Å²) < 4.78 is 0. The molecule has 0 aliphatic carbocycles. The van der Waals surface area contributed by atoms with Crippen LogP contribution in [0.4, 0.5) is 0 Å². The Kier molecular flexibility index (Phi) is 6.86. The summed E-state index contributed by atoms with van der Waals surface area (Å²) in [5.74, 6) is 0. The Morgan fingerprint density at radius 3 is 1.37 bits per heavy atom. The molecular weight excluding hydrogens is 749 g/mol. The molecule has 0 aliphatic rings. The molecular formula is C60H34N2. The summed E-state index contributed by atoms with van der Waals surface area (Å²) in [5, 5.41) is 22.5. The fourth-order valence-corrected chi connectivity index (χ4v) is 11.0. The second-order valence-corrected chi connectivity index (χ2v) is 16.7. The van der Waals surface area contributed by atoms with Crippen molar-refractivity contribution in [2.75, 3.05) is 0 Å². The molecule has 0 bridgehead atoms. The van der Waals surface area contributed by atoms with Gasteiger partial charge in [-0.1, -0.05) is 170 Å². The highest BCUT2D eigenvalue weighted by Crippen LogP contribution is 2.55. The molecule has 0 atom stereocenters. The Hall–Kier alpha value is -8.20. The Labute approximate surface area is 356 Å². The average Bonchev–Trinajstić information content (AvgIpc) is 3.85. The van der Waals surface area contributed by atoms with E-state index in [1.165, 1.54) is 97.0 Å². The first kappa shape index (κ1) is 33.6. The van der Waals surface area contributed by atoms with E-state index in [4.69, 9.17) is 9.97 Å². The Morgan fingerprint density at radius 2 is 0.677 bits per heavy atom. The number of benzene rings is 10. The minimum absolute atomic E-state index is 0.954. The lowest BCUT2D eigenvalue weighted by Crippen LogP contribution is -1.95. The summed E-state index contributed by atoms with van der Waals surface area (Å²) in [6.07, 6.45) is 0. The predicted molar refractivity (Wildman–Crippen MR) is 264 cm³/mol. The van der Waals surface area contributed by atoms with Gasteiger partial charge in [-0.2, -0.15) is 0 Å². The van der Waals surface area contributed by atoms with Crippen LogP contribution >= 0.6 is 0 Å². The van der Waals surface area contributed by atoms with E-state index in [0.717, 1.165) is 45.0 Å². The zero-order chi connectivity index (χ0) is 40.5. The number of hydrogen-bond donors (Lipinski definition) is 0. The number of aromatic nitrogens is 2. The molecule has 0 saturated carbocycles. The monoisotopic (exact) mass is 782 g/mol. The van der Waals surface area contributed by atoms with Crippen LogP contribution in [0.25, 0.3) is 142 Å². The molecule has 0 radical (unpaired) electrons. The largest absolute Gasteiger partial charge is 0.248 e. The van der Waals surface area contributed by atoms with E-state index >= 15 is 0 Å². The van der Waals surface area contributed by atoms with Gasteiger partial charge in [-0.3, -0.25) is 0 Å². The van der Waals surface area contributed by atoms with Crippen LogP contribution in [0.5, 0.6) is 0 Å². The van der Waals surface area contributed by atoms with E-state index in [0.29, 0.717) is 0 Å². The fraction of sp³-hybridized carbons (Fsp3) is 0. The highest BCUT2D eigenvalue weighted by molar-refractivity contribution is 6.46. The van der Waals surface area contributed by atoms with Crippen LogP contribution in [0.15, 0.2) is 206 Å². The maximum Gasteiger partial charge on any atom is 0.0722 e. The third-order valence-electron chi connectivity index (χ3n) is 13.5. The standard InChI is InChI=1S/C60H34N2/c1-3-16-36(17-4-1)49-27-13-29-51(61-49)57-48-34-46-41-22-10-9-21-40(41)42-23-11-25-44(54(42)46)56(48)60(52-30-14-28-50(62-52)37-18-5-2-6-19-37)58-45-26-12-24-43-53-38(33-47(55(43)45)59(57)58)32-31-35-15-7-8-20-39(35)53/h1-34H. The summed E-state index contributed by atoms with van der Waals surface area (Å²) >= 11 is 0. The van der Waals surface area contributed by atoms with Crippen molar-refractivity contribution in [3.63, 3.8) is 0 Å². The molecule has 0 amide bonds. The quantitative estimate of drug-likeness (QED) is 0.166. The number of pyridine rings is 2. The van der Waals surface area contributed by atoms with Gasteiger partial charge in [0.2, 0.25) is 0 Å². The first-order chi connectivity index (χ1) is 30.8. The maximum absolute atomic E-state index is 5.61. The molecule has 62 heavy (non-hydrogen) atoms. The normalized spacial score (nSPS) is 12.2. The molecule has 2 aromatic heterocycles. The van der Waals surface area contributed by atoms with E-state index in [1.54, 1.807) is 0 Å². The van der Waals surface area contributed by atoms with E-state index < -0.39 is 0 Å². The third-order valence-corrected chi connectivity index (χ3v) is 13.5. The Balaban J connectivity index is 1.27. The van der Waals surface area contributed by atoms with Crippen LogP contribution in [0.3, 0.4) is 0 Å². The Morgan fingerprint density at radius 1 is 0.210 bits per heavy atom. The van der Waals surface area contributed by atoms with E-state index in [-0.39, 0.29) is 0 Å². The van der Waals surface area contributed by atoms with Gasteiger partial charge in [0.1, 0.15) is 0 Å². The number of rotatable bonds is 4. The van der Waals surface area contributed by atoms with Crippen LogP contribution in [0.1, 0.15) is 0 Å². The molecule has 284 valence electrons. The van der Waals surface area contributed by atoms with Gasteiger partial charge in [-0.05, 0) is 117 Å². The second kappa shape index (κ2) is 12.7. The Bertz CT molecular complexity index is 4130. The van der Waals surface area contributed by atoms with Gasteiger partial charge in [-0.15, -0.1) is 0 Å². The van der Waals surface area contributed by atoms with Crippen molar-refractivity contribution in [1.29, 1.82) is 0 Å². The van der Waals surface area contributed by atoms with Crippen LogP contribution in [0.2, 0.25) is 0 Å². The molecule has 0 spiro atoms. The molecule has 0 unspecified atom stereocenters. The highest BCUT2D eigenvalue weighted by Gasteiger charge is 2.28. The number of hydrogen-bond acceptors (Lipinski definition) is 2. The summed E-state index contributed by atoms with van der Waals surface area (Å²) in [4.78, 5) is 11.2. The van der Waals surface area contributed by atoms with Crippen molar-refractivity contribution in [3.8, 4) is 45.0 Å². The van der Waals surface area contributed by atoms with Crippen LogP contribution in [-0.2, 0) is 0 Å². The molecule has 0 N–H and O–H groups in total. The molecule has 14 rings (SSSR count). The van der Waals surface area contributed by atoms with Gasteiger partial charge in [0, 0.05) is 38.4 Å².